The normalized spacial score (nSPS) is 11.7. The lowest BCUT2D eigenvalue weighted by atomic mass is 10.1. The van der Waals surface area contributed by atoms with Gasteiger partial charge in [0, 0.05) is 12.5 Å². The molecular formula is C7H5ClF2O2S. The maximum Gasteiger partial charge on any atom is 0.346 e. The molecule has 0 spiro atoms. The van der Waals surface area contributed by atoms with E-state index in [1.165, 1.54) is 0 Å². The molecule has 6 heteroatoms. The summed E-state index contributed by atoms with van der Waals surface area (Å²) in [7, 11) is 0. The van der Waals surface area contributed by atoms with Crippen LogP contribution in [0.15, 0.2) is 6.07 Å². The van der Waals surface area contributed by atoms with Crippen molar-refractivity contribution in [3.05, 3.63) is 20.8 Å². The van der Waals surface area contributed by atoms with Crippen LogP contribution in [0.5, 0.6) is 0 Å². The van der Waals surface area contributed by atoms with Crippen molar-refractivity contribution >= 4 is 28.9 Å². The number of alkyl halides is 2. The maximum atomic E-state index is 12.8. The zero-order chi connectivity index (χ0) is 10.2. The fraction of sp³-hybridized carbons (Fsp3) is 0.286. The van der Waals surface area contributed by atoms with Crippen LogP contribution in [0.1, 0.15) is 22.2 Å². The van der Waals surface area contributed by atoms with Crippen molar-refractivity contribution in [2.24, 2.45) is 0 Å². The van der Waals surface area contributed by atoms with Crippen molar-refractivity contribution in [1.29, 1.82) is 0 Å². The highest BCUT2D eigenvalue weighted by Gasteiger charge is 2.32. The van der Waals surface area contributed by atoms with Gasteiger partial charge in [-0.3, -0.25) is 0 Å². The molecule has 13 heavy (non-hydrogen) atoms. The smallest absolute Gasteiger partial charge is 0.346 e. The van der Waals surface area contributed by atoms with Gasteiger partial charge in [-0.2, -0.15) is 0 Å². The minimum atomic E-state index is -3.17. The van der Waals surface area contributed by atoms with E-state index in [-0.39, 0.29) is 4.34 Å². The van der Waals surface area contributed by atoms with Gasteiger partial charge in [0.2, 0.25) is 0 Å². The second-order valence-electron chi connectivity index (χ2n) is 2.49. The van der Waals surface area contributed by atoms with E-state index in [0.29, 0.717) is 18.3 Å². The fourth-order valence-corrected chi connectivity index (χ4v) is 1.99. The number of carboxylic acid groups (broad SMARTS) is 1. The van der Waals surface area contributed by atoms with Gasteiger partial charge >= 0.3 is 5.97 Å². The average molecular weight is 227 g/mol. The molecule has 1 heterocycles. The quantitative estimate of drug-likeness (QED) is 0.841. The lowest BCUT2D eigenvalue weighted by Crippen LogP contribution is -2.10. The van der Waals surface area contributed by atoms with Crippen LogP contribution in [0.4, 0.5) is 8.78 Å². The number of hydrogen-bond donors (Lipinski definition) is 1. The molecule has 0 saturated heterocycles. The van der Waals surface area contributed by atoms with Gasteiger partial charge in [-0.05, 0) is 6.07 Å². The Morgan fingerprint density at radius 2 is 2.23 bits per heavy atom. The third kappa shape index (κ3) is 2.16. The van der Waals surface area contributed by atoms with Crippen LogP contribution >= 0.6 is 22.9 Å². The maximum absolute atomic E-state index is 12.8. The zero-order valence-corrected chi connectivity index (χ0v) is 8.05. The van der Waals surface area contributed by atoms with Crippen LogP contribution in [0.25, 0.3) is 0 Å². The van der Waals surface area contributed by atoms with Crippen LogP contribution in [0.2, 0.25) is 4.34 Å². The second-order valence-corrected chi connectivity index (χ2v) is 4.17. The van der Waals surface area contributed by atoms with E-state index in [1.807, 2.05) is 0 Å². The first-order chi connectivity index (χ1) is 5.82. The van der Waals surface area contributed by atoms with Crippen LogP contribution < -0.4 is 0 Å². The van der Waals surface area contributed by atoms with Gasteiger partial charge in [0.15, 0.2) is 0 Å². The predicted octanol–water partition coefficient (Wildman–Crippen LogP) is 3.21. The van der Waals surface area contributed by atoms with Crippen molar-refractivity contribution in [3.63, 3.8) is 0 Å². The summed E-state index contributed by atoms with van der Waals surface area (Å²) >= 11 is 6.07. The van der Waals surface area contributed by atoms with Gasteiger partial charge in [0.1, 0.15) is 4.88 Å². The van der Waals surface area contributed by atoms with E-state index in [1.54, 1.807) is 0 Å². The summed E-state index contributed by atoms with van der Waals surface area (Å²) in [6.07, 6.45) is 0. The minimum Gasteiger partial charge on any atom is -0.477 e. The molecule has 0 bridgehead atoms. The van der Waals surface area contributed by atoms with Gasteiger partial charge in [-0.15, -0.1) is 11.3 Å². The summed E-state index contributed by atoms with van der Waals surface area (Å²) in [5.41, 5.74) is -0.532. The van der Waals surface area contributed by atoms with E-state index in [9.17, 15) is 13.6 Å². The van der Waals surface area contributed by atoms with Crippen molar-refractivity contribution in [2.45, 2.75) is 12.8 Å². The molecule has 0 unspecified atom stereocenters. The number of halogens is 3. The molecule has 0 aliphatic rings. The Kier molecular flexibility index (Phi) is 2.58. The molecule has 1 aromatic rings. The Bertz CT molecular complexity index is 343. The van der Waals surface area contributed by atoms with Crippen molar-refractivity contribution in [2.75, 3.05) is 0 Å². The summed E-state index contributed by atoms with van der Waals surface area (Å²) in [6, 6.07) is 0.982. The summed E-state index contributed by atoms with van der Waals surface area (Å²) in [4.78, 5) is 10.1. The molecule has 0 amide bonds. The molecule has 1 N–H and O–H groups in total. The summed E-state index contributed by atoms with van der Waals surface area (Å²) in [5, 5.41) is 8.56. The molecule has 0 fully saturated rings. The monoisotopic (exact) mass is 226 g/mol. The first-order valence-electron chi connectivity index (χ1n) is 3.23. The molecule has 1 aromatic heterocycles. The molecule has 0 aliphatic carbocycles. The summed E-state index contributed by atoms with van der Waals surface area (Å²) in [5.74, 6) is -4.55. The van der Waals surface area contributed by atoms with Gasteiger partial charge < -0.3 is 5.11 Å². The van der Waals surface area contributed by atoms with Crippen LogP contribution in [-0.2, 0) is 5.92 Å². The number of carbonyl (C=O) groups is 1. The van der Waals surface area contributed by atoms with E-state index in [4.69, 9.17) is 16.7 Å². The minimum absolute atomic E-state index is 0.0499. The lowest BCUT2D eigenvalue weighted by molar-refractivity contribution is 0.0160. The highest BCUT2D eigenvalue weighted by molar-refractivity contribution is 7.18. The SMILES string of the molecule is CC(F)(F)c1cc(Cl)sc1C(=O)O. The molecule has 0 radical (unpaired) electrons. The van der Waals surface area contributed by atoms with Gasteiger partial charge in [-0.1, -0.05) is 11.6 Å². The van der Waals surface area contributed by atoms with Gasteiger partial charge in [0.05, 0.1) is 4.34 Å². The van der Waals surface area contributed by atoms with E-state index in [2.05, 4.69) is 0 Å². The Balaban J connectivity index is 3.28. The molecule has 0 aliphatic heterocycles. The van der Waals surface area contributed by atoms with Gasteiger partial charge in [-0.25, -0.2) is 13.6 Å². The zero-order valence-electron chi connectivity index (χ0n) is 6.47. The van der Waals surface area contributed by atoms with Crippen molar-refractivity contribution in [3.8, 4) is 0 Å². The molecule has 1 rings (SSSR count). The molecule has 0 aromatic carbocycles. The molecule has 2 nitrogen and oxygen atoms in total. The van der Waals surface area contributed by atoms with Crippen LogP contribution in [0, 0.1) is 0 Å². The highest BCUT2D eigenvalue weighted by atomic mass is 35.5. The summed E-state index contributed by atoms with van der Waals surface area (Å²) in [6.45, 7) is 0.637. The number of aromatic carboxylic acids is 1. The number of thiophene rings is 1. The summed E-state index contributed by atoms with van der Waals surface area (Å²) < 4.78 is 25.6. The highest BCUT2D eigenvalue weighted by Crippen LogP contribution is 2.37. The van der Waals surface area contributed by atoms with Crippen LogP contribution in [0.3, 0.4) is 0 Å². The molecule has 0 atom stereocenters. The van der Waals surface area contributed by atoms with Crippen molar-refractivity contribution in [1.82, 2.24) is 0 Å². The third-order valence-electron chi connectivity index (χ3n) is 1.37. The molecule has 0 saturated carbocycles. The lowest BCUT2D eigenvalue weighted by Gasteiger charge is -2.08. The first kappa shape index (κ1) is 10.4. The second kappa shape index (κ2) is 3.23. The van der Waals surface area contributed by atoms with Gasteiger partial charge in [0.25, 0.3) is 5.92 Å². The number of carboxylic acids is 1. The fourth-order valence-electron chi connectivity index (χ4n) is 0.846. The average Bonchev–Trinajstić information content (AvgIpc) is 2.29. The van der Waals surface area contributed by atoms with Crippen LogP contribution in [-0.4, -0.2) is 11.1 Å². The molecule has 72 valence electrons. The van der Waals surface area contributed by atoms with E-state index in [0.717, 1.165) is 6.07 Å². The predicted molar refractivity (Wildman–Crippen MR) is 45.9 cm³/mol. The number of hydrogen-bond acceptors (Lipinski definition) is 2. The number of rotatable bonds is 2. The standard InChI is InChI=1S/C7H5ClF2O2S/c1-7(9,10)3-2-4(8)13-5(3)6(11)12/h2H,1H3,(H,11,12). The largest absolute Gasteiger partial charge is 0.477 e. The molecular weight excluding hydrogens is 222 g/mol. The van der Waals surface area contributed by atoms with E-state index >= 15 is 0 Å². The van der Waals surface area contributed by atoms with Crippen molar-refractivity contribution < 1.29 is 18.7 Å². The Hall–Kier alpha value is -0.680. The topological polar surface area (TPSA) is 37.3 Å². The Morgan fingerprint density at radius 3 is 2.54 bits per heavy atom. The first-order valence-corrected chi connectivity index (χ1v) is 4.42. The Labute approximate surface area is 81.8 Å². The third-order valence-corrected chi connectivity index (χ3v) is 2.62. The Morgan fingerprint density at radius 1 is 1.69 bits per heavy atom. The van der Waals surface area contributed by atoms with E-state index < -0.39 is 22.3 Å².